The van der Waals surface area contributed by atoms with Crippen molar-refractivity contribution in [2.75, 3.05) is 6.61 Å². The number of benzene rings is 1. The van der Waals surface area contributed by atoms with E-state index in [0.717, 1.165) is 0 Å². The number of phenolic OH excluding ortho intramolecular Hbond substituents is 2. The van der Waals surface area contributed by atoms with E-state index >= 15 is 0 Å². The molecule has 1 aromatic carbocycles. The largest absolute Gasteiger partial charge is 0.504 e. The molecule has 118 valence electrons. The van der Waals surface area contributed by atoms with Gasteiger partial charge in [0.15, 0.2) is 11.5 Å². The summed E-state index contributed by atoms with van der Waals surface area (Å²) in [5, 5.41) is 27.8. The summed E-state index contributed by atoms with van der Waals surface area (Å²) in [5.41, 5.74) is 4.64. The molecule has 0 amide bonds. The molecule has 0 saturated heterocycles. The van der Waals surface area contributed by atoms with Gasteiger partial charge < -0.3 is 25.8 Å². The molecule has 0 spiro atoms. The quantitative estimate of drug-likeness (QED) is 0.450. The Morgan fingerprint density at radius 2 is 1.90 bits per heavy atom. The Hall–Kier alpha value is -1.99. The van der Waals surface area contributed by atoms with E-state index < -0.39 is 17.5 Å². The second kappa shape index (κ2) is 7.70. The number of carbonyl (C=O) groups excluding carboxylic acids is 1. The lowest BCUT2D eigenvalue weighted by atomic mass is 9.89. The number of carbonyl (C=O) groups is 2. The van der Waals surface area contributed by atoms with E-state index in [1.165, 1.54) is 25.1 Å². The lowest BCUT2D eigenvalue weighted by Gasteiger charge is -2.24. The van der Waals surface area contributed by atoms with E-state index in [2.05, 4.69) is 0 Å². The summed E-state index contributed by atoms with van der Waals surface area (Å²) in [5.74, 6) is -2.40. The predicted octanol–water partition coefficient (Wildman–Crippen LogP) is 0.797. The Balaban J connectivity index is 0.00000400. The van der Waals surface area contributed by atoms with Gasteiger partial charge in [-0.25, -0.2) is 0 Å². The first-order valence-corrected chi connectivity index (χ1v) is 5.91. The molecule has 0 saturated carbocycles. The summed E-state index contributed by atoms with van der Waals surface area (Å²) in [7, 11) is 0. The van der Waals surface area contributed by atoms with Crippen molar-refractivity contribution in [1.29, 1.82) is 0 Å². The second-order valence-electron chi connectivity index (χ2n) is 4.55. The van der Waals surface area contributed by atoms with Crippen molar-refractivity contribution in [3.63, 3.8) is 0 Å². The summed E-state index contributed by atoms with van der Waals surface area (Å²) < 4.78 is 4.70. The number of nitrogens with two attached hydrogens (primary N) is 1. The van der Waals surface area contributed by atoms with Gasteiger partial charge in [0.2, 0.25) is 0 Å². The van der Waals surface area contributed by atoms with Crippen LogP contribution in [0.4, 0.5) is 0 Å². The van der Waals surface area contributed by atoms with Gasteiger partial charge in [0.25, 0.3) is 0 Å². The number of aliphatic carboxylic acids is 1. The molecule has 21 heavy (non-hydrogen) atoms. The summed E-state index contributed by atoms with van der Waals surface area (Å²) in [6, 6.07) is 3.95. The Morgan fingerprint density at radius 3 is 2.38 bits per heavy atom. The van der Waals surface area contributed by atoms with Gasteiger partial charge in [-0.3, -0.25) is 9.59 Å². The molecule has 0 fully saturated rings. The summed E-state index contributed by atoms with van der Waals surface area (Å²) >= 11 is 0. The third-order valence-corrected chi connectivity index (χ3v) is 2.84. The maximum absolute atomic E-state index is 11.3. The van der Waals surface area contributed by atoms with Crippen molar-refractivity contribution in [2.24, 2.45) is 5.73 Å². The molecule has 0 aliphatic rings. The summed E-state index contributed by atoms with van der Waals surface area (Å²) in [4.78, 5) is 21.9. The molecule has 1 aromatic rings. The Bertz CT molecular complexity index is 521. The van der Waals surface area contributed by atoms with Gasteiger partial charge in [-0.15, -0.1) is 12.4 Å². The van der Waals surface area contributed by atoms with Crippen LogP contribution in [0.25, 0.3) is 0 Å². The molecule has 0 heterocycles. The minimum absolute atomic E-state index is 0. The Labute approximate surface area is 127 Å². The van der Waals surface area contributed by atoms with Crippen LogP contribution in [0.2, 0.25) is 0 Å². The van der Waals surface area contributed by atoms with Crippen molar-refractivity contribution >= 4 is 24.3 Å². The molecule has 0 bridgehead atoms. The molecular formula is C13H18ClNO6. The summed E-state index contributed by atoms with van der Waals surface area (Å²) in [6.07, 6.45) is -0.138. The van der Waals surface area contributed by atoms with Crippen LogP contribution in [-0.2, 0) is 20.7 Å². The minimum Gasteiger partial charge on any atom is -0.504 e. The molecule has 5 N–H and O–H groups in total. The average Bonchev–Trinajstić information content (AvgIpc) is 2.33. The fraction of sp³-hybridized carbons (Fsp3) is 0.385. The van der Waals surface area contributed by atoms with E-state index in [-0.39, 0.29) is 43.4 Å². The summed E-state index contributed by atoms with van der Waals surface area (Å²) in [6.45, 7) is 1.11. The first kappa shape index (κ1) is 19.0. The van der Waals surface area contributed by atoms with Gasteiger partial charge in [-0.1, -0.05) is 6.07 Å². The normalized spacial score (nSPS) is 12.9. The highest BCUT2D eigenvalue weighted by atomic mass is 35.5. The van der Waals surface area contributed by atoms with Crippen LogP contribution in [0.3, 0.4) is 0 Å². The van der Waals surface area contributed by atoms with Crippen LogP contribution < -0.4 is 5.73 Å². The highest BCUT2D eigenvalue weighted by Gasteiger charge is 2.34. The monoisotopic (exact) mass is 319 g/mol. The molecule has 8 heteroatoms. The molecule has 0 aliphatic heterocycles. The second-order valence-corrected chi connectivity index (χ2v) is 4.55. The molecule has 0 aromatic heterocycles. The highest BCUT2D eigenvalue weighted by Crippen LogP contribution is 2.27. The lowest BCUT2D eigenvalue weighted by molar-refractivity contribution is -0.147. The molecule has 1 rings (SSSR count). The molecular weight excluding hydrogens is 302 g/mol. The number of carboxylic acid groups (broad SMARTS) is 1. The zero-order chi connectivity index (χ0) is 15.3. The lowest BCUT2D eigenvalue weighted by Crippen LogP contribution is -2.50. The van der Waals surface area contributed by atoms with Crippen LogP contribution in [-0.4, -0.2) is 39.4 Å². The van der Waals surface area contributed by atoms with Crippen LogP contribution in [0.15, 0.2) is 18.2 Å². The zero-order valence-corrected chi connectivity index (χ0v) is 12.2. The number of rotatable bonds is 6. The van der Waals surface area contributed by atoms with E-state index in [9.17, 15) is 24.9 Å². The standard InChI is InChI=1S/C13H17NO6.ClH/c1-8(15)20-5-4-13(14,12(18)19)7-9-2-3-10(16)11(17)6-9;/h2-3,6,16-17H,4-5,7,14H2,1H3,(H,18,19);1H/t13-;/m1./s1. The highest BCUT2D eigenvalue weighted by molar-refractivity contribution is 5.85. The van der Waals surface area contributed by atoms with Crippen molar-refractivity contribution in [3.8, 4) is 11.5 Å². The molecule has 0 aliphatic carbocycles. The van der Waals surface area contributed by atoms with Crippen molar-refractivity contribution in [3.05, 3.63) is 23.8 Å². The first-order chi connectivity index (χ1) is 9.24. The SMILES string of the molecule is CC(=O)OCC[C@@](N)(Cc1ccc(O)c(O)c1)C(=O)O.Cl. The molecule has 1 atom stereocenters. The van der Waals surface area contributed by atoms with E-state index in [1.54, 1.807) is 0 Å². The number of phenols is 2. The fourth-order valence-electron chi connectivity index (χ4n) is 1.69. The van der Waals surface area contributed by atoms with Crippen LogP contribution >= 0.6 is 12.4 Å². The third kappa shape index (κ3) is 5.49. The maximum atomic E-state index is 11.3. The number of hydrogen-bond donors (Lipinski definition) is 4. The van der Waals surface area contributed by atoms with Gasteiger partial charge >= 0.3 is 11.9 Å². The smallest absolute Gasteiger partial charge is 0.324 e. The van der Waals surface area contributed by atoms with E-state index in [1.807, 2.05) is 0 Å². The van der Waals surface area contributed by atoms with Gasteiger partial charge in [0.1, 0.15) is 5.54 Å². The van der Waals surface area contributed by atoms with Gasteiger partial charge in [0, 0.05) is 19.8 Å². The number of esters is 1. The van der Waals surface area contributed by atoms with Crippen molar-refractivity contribution < 1.29 is 29.6 Å². The van der Waals surface area contributed by atoms with Gasteiger partial charge in [0.05, 0.1) is 6.61 Å². The van der Waals surface area contributed by atoms with Crippen LogP contribution in [0.5, 0.6) is 11.5 Å². The van der Waals surface area contributed by atoms with Gasteiger partial charge in [-0.2, -0.15) is 0 Å². The average molecular weight is 320 g/mol. The zero-order valence-electron chi connectivity index (χ0n) is 11.4. The maximum Gasteiger partial charge on any atom is 0.324 e. The Kier molecular flexibility index (Phi) is 6.97. The topological polar surface area (TPSA) is 130 Å². The minimum atomic E-state index is -1.63. The molecule has 0 radical (unpaired) electrons. The Morgan fingerprint density at radius 1 is 1.29 bits per heavy atom. The van der Waals surface area contributed by atoms with E-state index in [0.29, 0.717) is 5.56 Å². The number of aromatic hydroxyl groups is 2. The molecule has 0 unspecified atom stereocenters. The number of carboxylic acids is 1. The van der Waals surface area contributed by atoms with Crippen LogP contribution in [0, 0.1) is 0 Å². The third-order valence-electron chi connectivity index (χ3n) is 2.84. The number of ether oxygens (including phenoxy) is 1. The fourth-order valence-corrected chi connectivity index (χ4v) is 1.69. The van der Waals surface area contributed by atoms with Crippen LogP contribution in [0.1, 0.15) is 18.9 Å². The first-order valence-electron chi connectivity index (χ1n) is 5.91. The van der Waals surface area contributed by atoms with Crippen molar-refractivity contribution in [2.45, 2.75) is 25.3 Å². The van der Waals surface area contributed by atoms with E-state index in [4.69, 9.17) is 10.5 Å². The number of halogens is 1. The number of hydrogen-bond acceptors (Lipinski definition) is 6. The predicted molar refractivity (Wildman–Crippen MR) is 76.5 cm³/mol. The van der Waals surface area contributed by atoms with Gasteiger partial charge in [-0.05, 0) is 17.7 Å². The molecule has 7 nitrogen and oxygen atoms in total. The van der Waals surface area contributed by atoms with Crippen molar-refractivity contribution in [1.82, 2.24) is 0 Å².